The summed E-state index contributed by atoms with van der Waals surface area (Å²) >= 11 is 7.97. The Labute approximate surface area is 161 Å². The molecule has 0 saturated heterocycles. The molecule has 0 amide bonds. The van der Waals surface area contributed by atoms with Crippen molar-refractivity contribution in [2.45, 2.75) is 0 Å². The third-order valence-corrected chi connectivity index (χ3v) is 5.71. The molecule has 0 fully saturated rings. The second kappa shape index (κ2) is 6.08. The van der Waals surface area contributed by atoms with Gasteiger partial charge in [0.1, 0.15) is 10.7 Å². The smallest absolute Gasteiger partial charge is 0.358 e. The number of aromatic hydroxyl groups is 1. The number of imidazole rings is 1. The molecule has 0 aliphatic heterocycles. The highest BCUT2D eigenvalue weighted by Crippen LogP contribution is 2.35. The number of ether oxygens (including phenoxy) is 1. The first-order valence-corrected chi connectivity index (χ1v) is 9.48. The number of aromatic nitrogens is 3. The highest BCUT2D eigenvalue weighted by molar-refractivity contribution is 9.10. The number of methoxy groups -OCH3 is 1. The Morgan fingerprint density at radius 3 is 2.92 bits per heavy atom. The van der Waals surface area contributed by atoms with Gasteiger partial charge in [0.2, 0.25) is 0 Å². The number of fused-ring (bicyclic) bond motifs is 3. The van der Waals surface area contributed by atoms with Gasteiger partial charge in [0.15, 0.2) is 17.0 Å². The second-order valence-corrected chi connectivity index (χ2v) is 8.03. The van der Waals surface area contributed by atoms with Gasteiger partial charge < -0.3 is 9.84 Å². The summed E-state index contributed by atoms with van der Waals surface area (Å²) in [5.74, 6) is 0.354. The van der Waals surface area contributed by atoms with Gasteiger partial charge in [-0.1, -0.05) is 11.3 Å². The zero-order chi connectivity index (χ0) is 17.7. The van der Waals surface area contributed by atoms with E-state index >= 15 is 0 Å². The van der Waals surface area contributed by atoms with E-state index < -0.39 is 0 Å². The Kier molecular flexibility index (Phi) is 4.01. The molecular formula is C16H10Br2N3O3S+. The van der Waals surface area contributed by atoms with Gasteiger partial charge in [0.05, 0.1) is 16.1 Å². The van der Waals surface area contributed by atoms with Gasteiger partial charge in [-0.05, 0) is 61.7 Å². The zero-order valence-corrected chi connectivity index (χ0v) is 16.7. The Morgan fingerprint density at radius 2 is 2.16 bits per heavy atom. The van der Waals surface area contributed by atoms with Crippen molar-refractivity contribution in [1.82, 2.24) is 9.38 Å². The molecule has 0 saturated carbocycles. The topological polar surface area (TPSA) is 78.0 Å². The van der Waals surface area contributed by atoms with E-state index in [0.29, 0.717) is 25.4 Å². The molecule has 126 valence electrons. The van der Waals surface area contributed by atoms with E-state index in [-0.39, 0.29) is 11.3 Å². The molecule has 9 heteroatoms. The van der Waals surface area contributed by atoms with Gasteiger partial charge in [-0.15, -0.1) is 4.40 Å². The molecule has 4 aromatic rings. The minimum Gasteiger partial charge on any atom is -0.503 e. The molecule has 1 aromatic carbocycles. The van der Waals surface area contributed by atoms with E-state index in [2.05, 4.69) is 41.8 Å². The largest absolute Gasteiger partial charge is 0.503 e. The summed E-state index contributed by atoms with van der Waals surface area (Å²) in [7, 11) is 1.48. The average Bonchev–Trinajstić information content (AvgIpc) is 3.07. The molecule has 0 radical (unpaired) electrons. The normalized spacial score (nSPS) is 12.4. The number of benzene rings is 1. The predicted octanol–water partition coefficient (Wildman–Crippen LogP) is 2.51. The first kappa shape index (κ1) is 16.5. The number of thiazole rings is 1. The Hall–Kier alpha value is -1.97. The molecule has 2 N–H and O–H groups in total. The maximum absolute atomic E-state index is 12.8. The molecule has 3 heterocycles. The first-order chi connectivity index (χ1) is 12.0. The number of phenols is 1. The number of hydrogen-bond donors (Lipinski definition) is 1. The quantitative estimate of drug-likeness (QED) is 0.475. The van der Waals surface area contributed by atoms with Crippen LogP contribution in [-0.2, 0) is 0 Å². The van der Waals surface area contributed by atoms with Crippen molar-refractivity contribution in [2.75, 3.05) is 7.11 Å². The number of phenolic OH excluding ortho intramolecular Hbond substituents is 1. The minimum absolute atomic E-state index is 0.0224. The fourth-order valence-electron chi connectivity index (χ4n) is 2.55. The molecule has 25 heavy (non-hydrogen) atoms. The summed E-state index contributed by atoms with van der Waals surface area (Å²) < 4.78 is 8.61. The van der Waals surface area contributed by atoms with Crippen LogP contribution in [-0.4, -0.2) is 21.6 Å². The second-order valence-electron chi connectivity index (χ2n) is 5.25. The Morgan fingerprint density at radius 1 is 1.36 bits per heavy atom. The van der Waals surface area contributed by atoms with Crippen molar-refractivity contribution in [3.63, 3.8) is 0 Å². The van der Waals surface area contributed by atoms with Crippen LogP contribution in [0.15, 0.2) is 38.1 Å². The molecule has 4 rings (SSSR count). The van der Waals surface area contributed by atoms with Crippen LogP contribution < -0.4 is 19.8 Å². The van der Waals surface area contributed by atoms with Crippen molar-refractivity contribution in [2.24, 2.45) is 0 Å². The van der Waals surface area contributed by atoms with Crippen molar-refractivity contribution >= 4 is 65.4 Å². The van der Waals surface area contributed by atoms with Gasteiger partial charge in [0.25, 0.3) is 4.96 Å². The van der Waals surface area contributed by atoms with Crippen molar-refractivity contribution in [3.8, 4) is 11.5 Å². The van der Waals surface area contributed by atoms with Crippen molar-refractivity contribution in [3.05, 3.63) is 53.8 Å². The van der Waals surface area contributed by atoms with E-state index in [1.54, 1.807) is 28.8 Å². The van der Waals surface area contributed by atoms with Crippen LogP contribution in [0.4, 0.5) is 0 Å². The molecule has 0 unspecified atom stereocenters. The third-order valence-electron chi connectivity index (χ3n) is 3.68. The molecule has 0 atom stereocenters. The molecule has 0 aliphatic carbocycles. The number of halogens is 2. The van der Waals surface area contributed by atoms with E-state index in [4.69, 9.17) is 4.74 Å². The molecule has 3 aromatic heterocycles. The maximum Gasteiger partial charge on any atom is 0.358 e. The number of nitrogens with zero attached hydrogens (tertiary/aromatic N) is 2. The summed E-state index contributed by atoms with van der Waals surface area (Å²) in [5.41, 5.74) is 1.96. The van der Waals surface area contributed by atoms with Crippen LogP contribution in [0.25, 0.3) is 22.2 Å². The fourth-order valence-corrected chi connectivity index (χ4v) is 4.32. The SMILES string of the molecule is COc1cc(C=c2sc3nc4cc(Br)c[nH+]c4n3c2=O)cc(Br)c1O. The molecular weight excluding hydrogens is 474 g/mol. The van der Waals surface area contributed by atoms with Crippen LogP contribution in [0.3, 0.4) is 0 Å². The fraction of sp³-hybridized carbons (Fsp3) is 0.0625. The molecule has 6 nitrogen and oxygen atoms in total. The van der Waals surface area contributed by atoms with E-state index in [0.717, 1.165) is 15.6 Å². The number of pyridine rings is 1. The lowest BCUT2D eigenvalue weighted by atomic mass is 10.2. The molecule has 0 aliphatic rings. The van der Waals surface area contributed by atoms with Gasteiger partial charge in [-0.3, -0.25) is 0 Å². The number of hydrogen-bond acceptors (Lipinski definition) is 5. The summed E-state index contributed by atoms with van der Waals surface area (Å²) in [4.78, 5) is 21.0. The van der Waals surface area contributed by atoms with Crippen LogP contribution in [0.5, 0.6) is 11.5 Å². The third kappa shape index (κ3) is 2.72. The number of rotatable bonds is 2. The Bertz CT molecular complexity index is 1250. The Balaban J connectivity index is 1.96. The molecule has 0 spiro atoms. The van der Waals surface area contributed by atoms with Crippen LogP contribution in [0, 0.1) is 0 Å². The first-order valence-electron chi connectivity index (χ1n) is 7.08. The van der Waals surface area contributed by atoms with Gasteiger partial charge >= 0.3 is 11.2 Å². The highest BCUT2D eigenvalue weighted by atomic mass is 79.9. The number of H-pyrrole nitrogens is 1. The van der Waals surface area contributed by atoms with Gasteiger partial charge in [-0.2, -0.15) is 4.98 Å². The predicted molar refractivity (Wildman–Crippen MR) is 102 cm³/mol. The highest BCUT2D eigenvalue weighted by Gasteiger charge is 2.19. The lowest BCUT2D eigenvalue weighted by molar-refractivity contribution is -0.349. The van der Waals surface area contributed by atoms with E-state index in [1.807, 2.05) is 6.07 Å². The number of nitrogens with one attached hydrogen (secondary N) is 1. The monoisotopic (exact) mass is 482 g/mol. The van der Waals surface area contributed by atoms with E-state index in [9.17, 15) is 9.90 Å². The summed E-state index contributed by atoms with van der Waals surface area (Å²) in [6.45, 7) is 0. The minimum atomic E-state index is -0.149. The lowest BCUT2D eigenvalue weighted by Gasteiger charge is -2.06. The average molecular weight is 484 g/mol. The lowest BCUT2D eigenvalue weighted by Crippen LogP contribution is -2.24. The van der Waals surface area contributed by atoms with Crippen LogP contribution in [0.1, 0.15) is 5.56 Å². The van der Waals surface area contributed by atoms with Gasteiger partial charge in [0, 0.05) is 0 Å². The van der Waals surface area contributed by atoms with Crippen LogP contribution >= 0.6 is 43.2 Å². The standard InChI is InChI=1S/C16H9Br2N3O3S/c1-24-11-3-7(2-9(18)13(11)22)4-12-15(23)21-14-10(20-16(21)25-12)5-8(17)6-19-14/h2-6,22H,1H3/p+1. The molecule has 0 bridgehead atoms. The van der Waals surface area contributed by atoms with Crippen molar-refractivity contribution < 1.29 is 14.8 Å². The zero-order valence-electron chi connectivity index (χ0n) is 12.7. The van der Waals surface area contributed by atoms with Crippen molar-refractivity contribution in [1.29, 1.82) is 0 Å². The van der Waals surface area contributed by atoms with E-state index in [1.165, 1.54) is 18.4 Å². The maximum atomic E-state index is 12.8. The summed E-state index contributed by atoms with van der Waals surface area (Å²) in [6, 6.07) is 5.25. The van der Waals surface area contributed by atoms with Crippen LogP contribution in [0.2, 0.25) is 0 Å². The summed E-state index contributed by atoms with van der Waals surface area (Å²) in [6.07, 6.45) is 3.51. The summed E-state index contributed by atoms with van der Waals surface area (Å²) in [5, 5.41) is 9.90. The van der Waals surface area contributed by atoms with Gasteiger partial charge in [-0.25, -0.2) is 9.78 Å². The number of aromatic amines is 1.